The van der Waals surface area contributed by atoms with Gasteiger partial charge in [0.2, 0.25) is 0 Å². The summed E-state index contributed by atoms with van der Waals surface area (Å²) in [4.78, 5) is 33.2. The van der Waals surface area contributed by atoms with Crippen LogP contribution >= 0.6 is 0 Å². The highest BCUT2D eigenvalue weighted by Crippen LogP contribution is 2.24. The highest BCUT2D eigenvalue weighted by molar-refractivity contribution is 7.93. The summed E-state index contributed by atoms with van der Waals surface area (Å²) in [5, 5.41) is 0.723. The Bertz CT molecular complexity index is 1400. The molecule has 2 aliphatic rings. The number of carbonyl (C=O) groups excluding carboxylic acids is 2. The molecule has 2 fully saturated rings. The summed E-state index contributed by atoms with van der Waals surface area (Å²) in [6.07, 6.45) is 1.66. The number of piperazine rings is 1. The fourth-order valence-corrected chi connectivity index (χ4v) is 5.84. The van der Waals surface area contributed by atoms with Gasteiger partial charge in [0.05, 0.1) is 18.7 Å². The minimum absolute atomic E-state index is 0.0800. The molecular formula is C26H28N4O6S. The number of rotatable bonds is 5. The highest BCUT2D eigenvalue weighted by Gasteiger charge is 2.32. The van der Waals surface area contributed by atoms with Crippen LogP contribution in [0.5, 0.6) is 0 Å². The van der Waals surface area contributed by atoms with Gasteiger partial charge in [-0.25, -0.2) is 13.2 Å². The Morgan fingerprint density at radius 1 is 1.08 bits per heavy atom. The van der Waals surface area contributed by atoms with Crippen LogP contribution < -0.4 is 4.72 Å². The summed E-state index contributed by atoms with van der Waals surface area (Å²) in [6.45, 7) is 4.02. The predicted octanol–water partition coefficient (Wildman–Crippen LogP) is 3.11. The van der Waals surface area contributed by atoms with Gasteiger partial charge in [-0.1, -0.05) is 18.2 Å². The first kappa shape index (κ1) is 25.0. The number of ether oxygens (including phenoxy) is 2. The number of carbonyl (C=O) groups is 2. The largest absolute Gasteiger partial charge is 0.444 e. The molecule has 2 saturated heterocycles. The van der Waals surface area contributed by atoms with Gasteiger partial charge in [-0.2, -0.15) is 0 Å². The number of anilines is 1. The number of hydrogen-bond donors (Lipinski definition) is 1. The second-order valence-corrected chi connectivity index (χ2v) is 10.8. The lowest BCUT2D eigenvalue weighted by molar-refractivity contribution is 0.0258. The zero-order chi connectivity index (χ0) is 26.0. The first-order chi connectivity index (χ1) is 17.8. The third-order valence-electron chi connectivity index (χ3n) is 6.57. The minimum Gasteiger partial charge on any atom is -0.444 e. The van der Waals surface area contributed by atoms with Crippen LogP contribution in [0.1, 0.15) is 23.7 Å². The average molecular weight is 525 g/mol. The Morgan fingerprint density at radius 3 is 2.59 bits per heavy atom. The number of pyridine rings is 1. The maximum Gasteiger partial charge on any atom is 0.410 e. The van der Waals surface area contributed by atoms with E-state index >= 15 is 0 Å². The maximum absolute atomic E-state index is 13.2. The first-order valence-corrected chi connectivity index (χ1v) is 13.6. The molecule has 0 spiro atoms. The van der Waals surface area contributed by atoms with E-state index in [0.717, 1.165) is 5.39 Å². The minimum atomic E-state index is -3.89. The molecule has 10 nitrogen and oxygen atoms in total. The summed E-state index contributed by atoms with van der Waals surface area (Å²) in [7, 11) is -3.89. The van der Waals surface area contributed by atoms with Crippen LogP contribution in [0.15, 0.2) is 65.7 Å². The van der Waals surface area contributed by atoms with E-state index in [-0.39, 0.29) is 29.0 Å². The standard InChI is InChI=1S/C26H28N4O6S/c1-18-16-29(26(32)36-22-11-15-35-17-22)13-14-30(18)25(31)20-7-9-21(10-8-20)28-37(33,34)23-6-2-4-19-5-3-12-27-24(19)23/h2-10,12,18,22,28H,11,13-17H2,1H3/t18-,22?/m1/s1. The van der Waals surface area contributed by atoms with Crippen LogP contribution in [0.3, 0.4) is 0 Å². The van der Waals surface area contributed by atoms with Crippen molar-refractivity contribution in [1.29, 1.82) is 0 Å². The maximum atomic E-state index is 13.2. The molecule has 11 heteroatoms. The van der Waals surface area contributed by atoms with Crippen molar-refractivity contribution < 1.29 is 27.5 Å². The molecule has 2 aromatic carbocycles. The van der Waals surface area contributed by atoms with E-state index in [1.54, 1.807) is 64.5 Å². The summed E-state index contributed by atoms with van der Waals surface area (Å²) >= 11 is 0. The van der Waals surface area contributed by atoms with Crippen molar-refractivity contribution in [1.82, 2.24) is 14.8 Å². The fourth-order valence-electron chi connectivity index (χ4n) is 4.60. The van der Waals surface area contributed by atoms with E-state index in [2.05, 4.69) is 9.71 Å². The number of nitrogens with one attached hydrogen (secondary N) is 1. The molecule has 5 rings (SSSR count). The molecule has 0 bridgehead atoms. The molecule has 2 amide bonds. The SMILES string of the molecule is C[C@@H]1CN(C(=O)OC2CCOC2)CCN1C(=O)c1ccc(NS(=O)(=O)c2cccc3cccnc23)cc1. The van der Waals surface area contributed by atoms with E-state index in [4.69, 9.17) is 9.47 Å². The van der Waals surface area contributed by atoms with E-state index in [9.17, 15) is 18.0 Å². The second kappa shape index (κ2) is 10.3. The van der Waals surface area contributed by atoms with Crippen molar-refractivity contribution in [2.24, 2.45) is 0 Å². The van der Waals surface area contributed by atoms with Gasteiger partial charge in [-0.15, -0.1) is 0 Å². The van der Waals surface area contributed by atoms with Gasteiger partial charge in [0.25, 0.3) is 15.9 Å². The average Bonchev–Trinajstić information content (AvgIpc) is 3.41. The van der Waals surface area contributed by atoms with Crippen LogP contribution in [0, 0.1) is 0 Å². The Balaban J connectivity index is 1.22. The number of aromatic nitrogens is 1. The van der Waals surface area contributed by atoms with Gasteiger partial charge < -0.3 is 19.3 Å². The lowest BCUT2D eigenvalue weighted by Crippen LogP contribution is -2.55. The molecule has 3 heterocycles. The molecule has 1 aromatic heterocycles. The van der Waals surface area contributed by atoms with Crippen LogP contribution in [-0.2, 0) is 19.5 Å². The molecule has 0 aliphatic carbocycles. The van der Waals surface area contributed by atoms with Crippen molar-refractivity contribution in [2.75, 3.05) is 37.6 Å². The van der Waals surface area contributed by atoms with E-state index in [1.807, 2.05) is 6.92 Å². The van der Waals surface area contributed by atoms with Gasteiger partial charge in [-0.3, -0.25) is 14.5 Å². The van der Waals surface area contributed by atoms with Crippen molar-refractivity contribution in [2.45, 2.75) is 30.4 Å². The lowest BCUT2D eigenvalue weighted by atomic mass is 10.1. The quantitative estimate of drug-likeness (QED) is 0.545. The smallest absolute Gasteiger partial charge is 0.410 e. The molecule has 1 unspecified atom stereocenters. The predicted molar refractivity (Wildman–Crippen MR) is 137 cm³/mol. The summed E-state index contributed by atoms with van der Waals surface area (Å²) in [6, 6.07) is 14.6. The Hall–Kier alpha value is -3.70. The number of amides is 2. The van der Waals surface area contributed by atoms with Crippen molar-refractivity contribution >= 4 is 38.6 Å². The molecule has 2 aliphatic heterocycles. The van der Waals surface area contributed by atoms with E-state index in [0.29, 0.717) is 56.0 Å². The van der Waals surface area contributed by atoms with Crippen LogP contribution in [0.4, 0.5) is 10.5 Å². The normalized spacial score (nSPS) is 20.1. The Kier molecular flexibility index (Phi) is 6.98. The van der Waals surface area contributed by atoms with Crippen molar-refractivity contribution in [3.63, 3.8) is 0 Å². The van der Waals surface area contributed by atoms with Gasteiger partial charge in [-0.05, 0) is 43.3 Å². The second-order valence-electron chi connectivity index (χ2n) is 9.18. The number of nitrogens with zero attached hydrogens (tertiary/aromatic N) is 3. The highest BCUT2D eigenvalue weighted by atomic mass is 32.2. The van der Waals surface area contributed by atoms with E-state index in [1.165, 1.54) is 6.07 Å². The monoisotopic (exact) mass is 524 g/mol. The lowest BCUT2D eigenvalue weighted by Gasteiger charge is -2.39. The Morgan fingerprint density at radius 2 is 1.86 bits per heavy atom. The number of benzene rings is 2. The molecule has 0 saturated carbocycles. The van der Waals surface area contributed by atoms with Gasteiger partial charge >= 0.3 is 6.09 Å². The first-order valence-electron chi connectivity index (χ1n) is 12.1. The molecule has 37 heavy (non-hydrogen) atoms. The number of hydrogen-bond acceptors (Lipinski definition) is 7. The van der Waals surface area contributed by atoms with Gasteiger partial charge in [0.1, 0.15) is 11.0 Å². The number of sulfonamides is 1. The summed E-state index contributed by atoms with van der Waals surface area (Å²) in [5.41, 5.74) is 1.15. The van der Waals surface area contributed by atoms with Crippen molar-refractivity contribution in [3.8, 4) is 0 Å². The third-order valence-corrected chi connectivity index (χ3v) is 7.98. The molecule has 1 N–H and O–H groups in total. The zero-order valence-electron chi connectivity index (χ0n) is 20.4. The van der Waals surface area contributed by atoms with Crippen molar-refractivity contribution in [3.05, 3.63) is 66.4 Å². The number of para-hydroxylation sites is 1. The molecule has 3 aromatic rings. The number of fused-ring (bicyclic) bond motifs is 1. The molecule has 194 valence electrons. The molecule has 2 atom stereocenters. The fraction of sp³-hybridized carbons (Fsp3) is 0.346. The van der Waals surface area contributed by atoms with E-state index < -0.39 is 10.0 Å². The van der Waals surface area contributed by atoms with Gasteiger partial charge in [0.15, 0.2) is 0 Å². The summed E-state index contributed by atoms with van der Waals surface area (Å²) in [5.74, 6) is -0.183. The topological polar surface area (TPSA) is 118 Å². The van der Waals surface area contributed by atoms with Crippen LogP contribution in [-0.4, -0.2) is 80.2 Å². The summed E-state index contributed by atoms with van der Waals surface area (Å²) < 4.78 is 39.4. The zero-order valence-corrected chi connectivity index (χ0v) is 21.2. The van der Waals surface area contributed by atoms with Crippen LogP contribution in [0.25, 0.3) is 10.9 Å². The Labute approximate surface area is 215 Å². The molecule has 0 radical (unpaired) electrons. The molecular weight excluding hydrogens is 496 g/mol. The third kappa shape index (κ3) is 5.37. The van der Waals surface area contributed by atoms with Gasteiger partial charge in [0, 0.05) is 54.9 Å². The van der Waals surface area contributed by atoms with Crippen LogP contribution in [0.2, 0.25) is 0 Å².